The fourth-order valence-electron chi connectivity index (χ4n) is 3.83. The summed E-state index contributed by atoms with van der Waals surface area (Å²) < 4.78 is 5.70. The van der Waals surface area contributed by atoms with E-state index in [4.69, 9.17) is 0 Å². The number of aryl methyl sites for hydroxylation is 2. The van der Waals surface area contributed by atoms with Gasteiger partial charge in [-0.3, -0.25) is 0 Å². The normalized spacial score (nSPS) is 12.1. The fraction of sp³-hybridized carbons (Fsp3) is 0.100. The van der Waals surface area contributed by atoms with E-state index in [1.807, 2.05) is 0 Å². The zero-order chi connectivity index (χ0) is 15.7. The maximum Gasteiger partial charge on any atom is 0.0500 e. The van der Waals surface area contributed by atoms with Gasteiger partial charge in [0.2, 0.25) is 0 Å². The summed E-state index contributed by atoms with van der Waals surface area (Å²) in [6.45, 7) is 0. The fourth-order valence-corrected chi connectivity index (χ4v) is 4.18. The lowest BCUT2D eigenvalue weighted by atomic mass is 10.1. The molecule has 0 amide bonds. The van der Waals surface area contributed by atoms with Gasteiger partial charge in [-0.05, 0) is 30.3 Å². The van der Waals surface area contributed by atoms with Crippen LogP contribution in [0.5, 0.6) is 0 Å². The number of rotatable bonds is 0. The molecular formula is C20H15BrN2. The third kappa shape index (κ3) is 1.63. The molecule has 2 aromatic heterocycles. The average molecular weight is 363 g/mol. The highest BCUT2D eigenvalue weighted by molar-refractivity contribution is 9.10. The summed E-state index contributed by atoms with van der Waals surface area (Å²) in [5, 5.41) is 5.25. The molecule has 2 heterocycles. The molecule has 0 bridgehead atoms. The Labute approximate surface area is 142 Å². The molecule has 5 rings (SSSR count). The maximum absolute atomic E-state index is 3.59. The molecule has 0 radical (unpaired) electrons. The number of hydrogen-bond acceptors (Lipinski definition) is 0. The first-order valence-corrected chi connectivity index (χ1v) is 8.49. The third-order valence-corrected chi connectivity index (χ3v) is 5.50. The van der Waals surface area contributed by atoms with Crippen LogP contribution >= 0.6 is 15.9 Å². The van der Waals surface area contributed by atoms with E-state index in [0.29, 0.717) is 0 Å². The molecule has 112 valence electrons. The molecule has 0 saturated heterocycles. The Kier molecular flexibility index (Phi) is 2.52. The van der Waals surface area contributed by atoms with Crippen molar-refractivity contribution in [2.24, 2.45) is 14.1 Å². The van der Waals surface area contributed by atoms with Crippen molar-refractivity contribution in [1.82, 2.24) is 9.13 Å². The molecule has 3 aromatic carbocycles. The van der Waals surface area contributed by atoms with Crippen LogP contribution in [0, 0.1) is 0 Å². The summed E-state index contributed by atoms with van der Waals surface area (Å²) in [5.74, 6) is 0. The molecule has 0 N–H and O–H groups in total. The predicted molar refractivity (Wildman–Crippen MR) is 102 cm³/mol. The standard InChI is InChI=1S/C20H15BrN2/c1-22-17-6-4-3-5-13(17)15-10-20-16(11-19(15)22)14-8-7-12(21)9-18(14)23(20)2/h3-11H,1-2H3. The zero-order valence-electron chi connectivity index (χ0n) is 13.0. The largest absolute Gasteiger partial charge is 0.344 e. The Hall–Kier alpha value is -2.26. The first-order chi connectivity index (χ1) is 11.1. The van der Waals surface area contributed by atoms with Gasteiger partial charge >= 0.3 is 0 Å². The minimum Gasteiger partial charge on any atom is -0.344 e. The lowest BCUT2D eigenvalue weighted by molar-refractivity contribution is 1.01. The average Bonchev–Trinajstić information content (AvgIpc) is 3.00. The lowest BCUT2D eigenvalue weighted by Crippen LogP contribution is -1.87. The van der Waals surface area contributed by atoms with E-state index in [1.54, 1.807) is 0 Å². The first-order valence-electron chi connectivity index (χ1n) is 7.70. The molecule has 0 aliphatic heterocycles. The van der Waals surface area contributed by atoms with Crippen LogP contribution < -0.4 is 0 Å². The molecule has 0 saturated carbocycles. The number of aromatic nitrogens is 2. The second-order valence-corrected chi connectivity index (χ2v) is 7.10. The van der Waals surface area contributed by atoms with E-state index in [9.17, 15) is 0 Å². The van der Waals surface area contributed by atoms with E-state index in [2.05, 4.69) is 93.8 Å². The van der Waals surface area contributed by atoms with Crippen molar-refractivity contribution in [3.8, 4) is 0 Å². The molecule has 2 nitrogen and oxygen atoms in total. The van der Waals surface area contributed by atoms with Gasteiger partial charge in [-0.15, -0.1) is 0 Å². The van der Waals surface area contributed by atoms with Crippen molar-refractivity contribution >= 4 is 59.5 Å². The first kappa shape index (κ1) is 13.2. The molecule has 23 heavy (non-hydrogen) atoms. The van der Waals surface area contributed by atoms with E-state index in [0.717, 1.165) is 4.47 Å². The number of benzene rings is 3. The summed E-state index contributed by atoms with van der Waals surface area (Å²) in [6, 6.07) is 19.8. The predicted octanol–water partition coefficient (Wildman–Crippen LogP) is 5.74. The van der Waals surface area contributed by atoms with Crippen LogP contribution in [0.25, 0.3) is 43.6 Å². The summed E-state index contributed by atoms with van der Waals surface area (Å²) in [7, 11) is 4.30. The van der Waals surface area contributed by atoms with Gasteiger partial charge < -0.3 is 9.13 Å². The minimum absolute atomic E-state index is 1.12. The van der Waals surface area contributed by atoms with Crippen LogP contribution in [-0.4, -0.2) is 9.13 Å². The van der Waals surface area contributed by atoms with Gasteiger partial charge in [0.05, 0.1) is 0 Å². The molecule has 0 fully saturated rings. The Morgan fingerprint density at radius 2 is 1.17 bits per heavy atom. The minimum atomic E-state index is 1.12. The van der Waals surface area contributed by atoms with Crippen molar-refractivity contribution in [3.05, 3.63) is 59.1 Å². The molecule has 0 aliphatic rings. The van der Waals surface area contributed by atoms with Crippen LogP contribution in [0.4, 0.5) is 0 Å². The highest BCUT2D eigenvalue weighted by Gasteiger charge is 2.13. The summed E-state index contributed by atoms with van der Waals surface area (Å²) in [6.07, 6.45) is 0. The second-order valence-electron chi connectivity index (χ2n) is 6.18. The van der Waals surface area contributed by atoms with Crippen LogP contribution in [0.15, 0.2) is 59.1 Å². The third-order valence-electron chi connectivity index (χ3n) is 5.00. The van der Waals surface area contributed by atoms with Gasteiger partial charge in [-0.25, -0.2) is 0 Å². The smallest absolute Gasteiger partial charge is 0.0500 e. The molecule has 0 aliphatic carbocycles. The Morgan fingerprint density at radius 1 is 0.609 bits per heavy atom. The van der Waals surface area contributed by atoms with Crippen molar-refractivity contribution in [2.75, 3.05) is 0 Å². The number of hydrogen-bond donors (Lipinski definition) is 0. The highest BCUT2D eigenvalue weighted by Crippen LogP contribution is 2.36. The maximum atomic E-state index is 3.59. The lowest BCUT2D eigenvalue weighted by Gasteiger charge is -2.00. The number of halogens is 1. The second kappa shape index (κ2) is 4.39. The molecule has 0 spiro atoms. The Balaban J connectivity index is 2.07. The summed E-state index contributed by atoms with van der Waals surface area (Å²) >= 11 is 3.59. The number of para-hydroxylation sites is 1. The van der Waals surface area contributed by atoms with E-state index in [1.165, 1.54) is 43.6 Å². The SMILES string of the molecule is Cn1c2ccccc2c2cc3c(cc21)c1ccc(Br)cc1n3C. The van der Waals surface area contributed by atoms with Crippen LogP contribution in [0.1, 0.15) is 0 Å². The van der Waals surface area contributed by atoms with E-state index in [-0.39, 0.29) is 0 Å². The number of fused-ring (bicyclic) bond motifs is 6. The van der Waals surface area contributed by atoms with Gasteiger partial charge in [-0.2, -0.15) is 0 Å². The van der Waals surface area contributed by atoms with Crippen molar-refractivity contribution in [2.45, 2.75) is 0 Å². The number of nitrogens with zero attached hydrogens (tertiary/aromatic N) is 2. The molecule has 5 aromatic rings. The van der Waals surface area contributed by atoms with Crippen molar-refractivity contribution < 1.29 is 0 Å². The summed E-state index contributed by atoms with van der Waals surface area (Å²) in [5.41, 5.74) is 5.11. The summed E-state index contributed by atoms with van der Waals surface area (Å²) in [4.78, 5) is 0. The topological polar surface area (TPSA) is 9.86 Å². The highest BCUT2D eigenvalue weighted by atomic mass is 79.9. The zero-order valence-corrected chi connectivity index (χ0v) is 14.6. The van der Waals surface area contributed by atoms with Gasteiger partial charge in [-0.1, -0.05) is 40.2 Å². The Morgan fingerprint density at radius 3 is 1.91 bits per heavy atom. The van der Waals surface area contributed by atoms with E-state index >= 15 is 0 Å². The van der Waals surface area contributed by atoms with Crippen molar-refractivity contribution in [3.63, 3.8) is 0 Å². The van der Waals surface area contributed by atoms with Crippen molar-refractivity contribution in [1.29, 1.82) is 0 Å². The molecular weight excluding hydrogens is 348 g/mol. The Bertz CT molecular complexity index is 1240. The van der Waals surface area contributed by atoms with Crippen LogP contribution in [0.3, 0.4) is 0 Å². The van der Waals surface area contributed by atoms with Gasteiger partial charge in [0, 0.05) is 62.2 Å². The van der Waals surface area contributed by atoms with Gasteiger partial charge in [0.15, 0.2) is 0 Å². The van der Waals surface area contributed by atoms with Gasteiger partial charge in [0.25, 0.3) is 0 Å². The molecule has 0 unspecified atom stereocenters. The van der Waals surface area contributed by atoms with Crippen LogP contribution in [-0.2, 0) is 14.1 Å². The quantitative estimate of drug-likeness (QED) is 0.332. The monoisotopic (exact) mass is 362 g/mol. The molecule has 3 heteroatoms. The van der Waals surface area contributed by atoms with Crippen LogP contribution in [0.2, 0.25) is 0 Å². The molecule has 0 atom stereocenters. The van der Waals surface area contributed by atoms with Gasteiger partial charge in [0.1, 0.15) is 0 Å². The van der Waals surface area contributed by atoms with E-state index < -0.39 is 0 Å².